The number of Topliss-reactive ketones (excluding diaryl/α,β-unsaturated/α-hetero) is 1. The molecule has 0 spiro atoms. The molecular formula is C26H26O5. The smallest absolute Gasteiger partial charge is 0.193 e. The molecule has 0 bridgehead atoms. The second-order valence-electron chi connectivity index (χ2n) is 8.86. The Morgan fingerprint density at radius 2 is 1.90 bits per heavy atom. The number of hydrogen-bond acceptors (Lipinski definition) is 5. The van der Waals surface area contributed by atoms with Gasteiger partial charge in [0, 0.05) is 17.2 Å². The topological polar surface area (TPSA) is 87.0 Å². The summed E-state index contributed by atoms with van der Waals surface area (Å²) in [5.74, 6) is 0.0408. The molecule has 2 aliphatic rings. The molecule has 0 atom stereocenters. The predicted molar refractivity (Wildman–Crippen MR) is 121 cm³/mol. The van der Waals surface area contributed by atoms with Crippen molar-refractivity contribution in [3.8, 4) is 23.0 Å². The monoisotopic (exact) mass is 418 g/mol. The van der Waals surface area contributed by atoms with E-state index in [9.17, 15) is 20.1 Å². The fourth-order valence-electron chi connectivity index (χ4n) is 4.09. The van der Waals surface area contributed by atoms with Gasteiger partial charge in [-0.25, -0.2) is 0 Å². The molecule has 5 nitrogen and oxygen atoms in total. The van der Waals surface area contributed by atoms with Crippen LogP contribution in [-0.4, -0.2) is 26.7 Å². The zero-order valence-electron chi connectivity index (χ0n) is 18.1. The van der Waals surface area contributed by atoms with E-state index in [1.807, 2.05) is 45.9 Å². The molecule has 0 unspecified atom stereocenters. The SMILES string of the molecule is CC(C)=CCC1=C(c2ccc(O)cc2O)Cc2cc3c(c(O)c2C1=O)C=CC(C)(C)O3. The summed E-state index contributed by atoms with van der Waals surface area (Å²) in [4.78, 5) is 13.6. The number of aromatic hydroxyl groups is 3. The summed E-state index contributed by atoms with van der Waals surface area (Å²) in [5, 5.41) is 31.2. The quantitative estimate of drug-likeness (QED) is 0.570. The lowest BCUT2D eigenvalue weighted by Crippen LogP contribution is -2.28. The van der Waals surface area contributed by atoms with Gasteiger partial charge in [-0.2, -0.15) is 0 Å². The standard InChI is InChI=1S/C26H26O5/c1-14(2)5-7-18-20(17-8-6-16(27)13-21(17)28)11-15-12-22-19(9-10-26(3,4)31-22)25(30)23(15)24(18)29/h5-6,8-10,12-13,27-28,30H,7,11H2,1-4H3. The van der Waals surface area contributed by atoms with E-state index in [0.717, 1.165) is 5.57 Å². The van der Waals surface area contributed by atoms with Gasteiger partial charge in [-0.15, -0.1) is 0 Å². The van der Waals surface area contributed by atoms with Crippen LogP contribution in [-0.2, 0) is 6.42 Å². The number of carbonyl (C=O) groups excluding carboxylic acids is 1. The number of rotatable bonds is 3. The summed E-state index contributed by atoms with van der Waals surface area (Å²) in [7, 11) is 0. The van der Waals surface area contributed by atoms with Crippen LogP contribution in [0, 0.1) is 0 Å². The molecule has 4 rings (SSSR count). The molecule has 1 aliphatic carbocycles. The highest BCUT2D eigenvalue weighted by atomic mass is 16.5. The maximum atomic E-state index is 13.6. The number of carbonyl (C=O) groups is 1. The molecule has 0 amide bonds. The molecule has 0 radical (unpaired) electrons. The number of phenols is 3. The molecule has 1 aliphatic heterocycles. The summed E-state index contributed by atoms with van der Waals surface area (Å²) < 4.78 is 6.02. The predicted octanol–water partition coefficient (Wildman–Crippen LogP) is 5.54. The first-order valence-electron chi connectivity index (χ1n) is 10.3. The summed E-state index contributed by atoms with van der Waals surface area (Å²) in [6, 6.07) is 6.17. The number of hydrogen-bond donors (Lipinski definition) is 3. The van der Waals surface area contributed by atoms with Crippen LogP contribution in [0.3, 0.4) is 0 Å². The lowest BCUT2D eigenvalue weighted by molar-refractivity contribution is 0.102. The number of fused-ring (bicyclic) bond motifs is 2. The Morgan fingerprint density at radius 3 is 2.58 bits per heavy atom. The van der Waals surface area contributed by atoms with Gasteiger partial charge in [0.05, 0.1) is 11.1 Å². The molecule has 3 N–H and O–H groups in total. The molecule has 5 heteroatoms. The van der Waals surface area contributed by atoms with Crippen molar-refractivity contribution in [1.29, 1.82) is 0 Å². The van der Waals surface area contributed by atoms with Crippen molar-refractivity contribution < 1.29 is 24.9 Å². The summed E-state index contributed by atoms with van der Waals surface area (Å²) in [6.45, 7) is 7.76. The molecule has 0 aromatic heterocycles. The van der Waals surface area contributed by atoms with Crippen LogP contribution in [0.25, 0.3) is 11.6 Å². The highest BCUT2D eigenvalue weighted by Gasteiger charge is 2.34. The van der Waals surface area contributed by atoms with Crippen LogP contribution in [0.15, 0.2) is 47.6 Å². The molecule has 2 aromatic rings. The van der Waals surface area contributed by atoms with E-state index in [1.165, 1.54) is 12.1 Å². The first-order valence-corrected chi connectivity index (χ1v) is 10.3. The average Bonchev–Trinajstić information content (AvgIpc) is 2.66. The molecular weight excluding hydrogens is 392 g/mol. The molecule has 0 saturated carbocycles. The van der Waals surface area contributed by atoms with Crippen LogP contribution < -0.4 is 4.74 Å². The zero-order chi connectivity index (χ0) is 22.5. The van der Waals surface area contributed by atoms with Gasteiger partial charge >= 0.3 is 0 Å². The molecule has 1 heterocycles. The van der Waals surface area contributed by atoms with Crippen molar-refractivity contribution in [2.24, 2.45) is 0 Å². The van der Waals surface area contributed by atoms with Gasteiger partial charge in [-0.1, -0.05) is 11.6 Å². The Hall–Kier alpha value is -3.47. The third-order valence-electron chi connectivity index (χ3n) is 5.66. The van der Waals surface area contributed by atoms with E-state index in [4.69, 9.17) is 4.74 Å². The van der Waals surface area contributed by atoms with Crippen molar-refractivity contribution >= 4 is 17.4 Å². The van der Waals surface area contributed by atoms with E-state index in [2.05, 4.69) is 0 Å². The van der Waals surface area contributed by atoms with Crippen LogP contribution in [0.4, 0.5) is 0 Å². The van der Waals surface area contributed by atoms with Crippen molar-refractivity contribution in [3.63, 3.8) is 0 Å². The summed E-state index contributed by atoms with van der Waals surface area (Å²) in [6.07, 6.45) is 6.33. The number of ketones is 1. The number of ether oxygens (including phenoxy) is 1. The summed E-state index contributed by atoms with van der Waals surface area (Å²) >= 11 is 0. The Bertz CT molecular complexity index is 1190. The minimum absolute atomic E-state index is 0.0515. The van der Waals surface area contributed by atoms with E-state index in [0.29, 0.717) is 46.4 Å². The van der Waals surface area contributed by atoms with Crippen LogP contribution in [0.2, 0.25) is 0 Å². The Kier molecular flexibility index (Phi) is 4.92. The maximum absolute atomic E-state index is 13.6. The van der Waals surface area contributed by atoms with Gasteiger partial charge in [-0.05, 0) is 82.0 Å². The molecule has 0 saturated heterocycles. The second kappa shape index (κ2) is 7.34. The number of benzene rings is 2. The molecule has 0 fully saturated rings. The molecule has 160 valence electrons. The van der Waals surface area contributed by atoms with Crippen molar-refractivity contribution in [2.75, 3.05) is 0 Å². The minimum Gasteiger partial charge on any atom is -0.508 e. The lowest BCUT2D eigenvalue weighted by Gasteiger charge is -2.31. The molecule has 2 aromatic carbocycles. The van der Waals surface area contributed by atoms with Gasteiger partial charge in [0.15, 0.2) is 5.78 Å². The van der Waals surface area contributed by atoms with Crippen molar-refractivity contribution in [2.45, 2.75) is 46.1 Å². The third kappa shape index (κ3) is 3.72. The summed E-state index contributed by atoms with van der Waals surface area (Å²) in [5.41, 5.74) is 3.67. The first kappa shape index (κ1) is 20.8. The number of allylic oxidation sites excluding steroid dienone is 4. The maximum Gasteiger partial charge on any atom is 0.193 e. The number of phenolic OH excluding ortho intramolecular Hbond substituents is 3. The normalized spacial score (nSPS) is 16.5. The van der Waals surface area contributed by atoms with Gasteiger partial charge in [0.2, 0.25) is 0 Å². The first-order chi connectivity index (χ1) is 14.6. The van der Waals surface area contributed by atoms with Gasteiger partial charge in [0.25, 0.3) is 0 Å². The second-order valence-corrected chi connectivity index (χ2v) is 8.86. The Labute approximate surface area is 181 Å². The van der Waals surface area contributed by atoms with E-state index >= 15 is 0 Å². The van der Waals surface area contributed by atoms with Crippen LogP contribution >= 0.6 is 0 Å². The fraction of sp³-hybridized carbons (Fsp3) is 0.269. The van der Waals surface area contributed by atoms with Gasteiger partial charge < -0.3 is 20.1 Å². The fourth-order valence-corrected chi connectivity index (χ4v) is 4.09. The van der Waals surface area contributed by atoms with Crippen molar-refractivity contribution in [3.05, 3.63) is 69.8 Å². The van der Waals surface area contributed by atoms with Crippen LogP contribution in [0.1, 0.15) is 61.2 Å². The third-order valence-corrected chi connectivity index (χ3v) is 5.66. The van der Waals surface area contributed by atoms with Gasteiger partial charge in [0.1, 0.15) is 28.6 Å². The average molecular weight is 418 g/mol. The van der Waals surface area contributed by atoms with Gasteiger partial charge in [-0.3, -0.25) is 4.79 Å². The largest absolute Gasteiger partial charge is 0.508 e. The van der Waals surface area contributed by atoms with Crippen molar-refractivity contribution in [1.82, 2.24) is 0 Å². The van der Waals surface area contributed by atoms with E-state index in [-0.39, 0.29) is 28.6 Å². The Balaban J connectivity index is 1.92. The van der Waals surface area contributed by atoms with E-state index < -0.39 is 5.60 Å². The minimum atomic E-state index is -0.519. The van der Waals surface area contributed by atoms with E-state index in [1.54, 1.807) is 12.1 Å². The highest BCUT2D eigenvalue weighted by molar-refractivity contribution is 6.18. The lowest BCUT2D eigenvalue weighted by atomic mass is 9.79. The highest BCUT2D eigenvalue weighted by Crippen LogP contribution is 2.46. The zero-order valence-corrected chi connectivity index (χ0v) is 18.1. The Morgan fingerprint density at radius 1 is 1.16 bits per heavy atom. The molecule has 31 heavy (non-hydrogen) atoms. The van der Waals surface area contributed by atoms with Crippen LogP contribution in [0.5, 0.6) is 23.0 Å².